The molecule has 0 heterocycles. The number of allylic oxidation sites excluding steroid dienone is 1. The van der Waals surface area contributed by atoms with Crippen molar-refractivity contribution in [3.8, 4) is 0 Å². The summed E-state index contributed by atoms with van der Waals surface area (Å²) in [4.78, 5) is 22.9. The number of aliphatic carboxylic acids is 1. The lowest BCUT2D eigenvalue weighted by atomic mass is 9.99. The van der Waals surface area contributed by atoms with Crippen LogP contribution in [0.5, 0.6) is 0 Å². The van der Waals surface area contributed by atoms with Gasteiger partial charge in [0.1, 0.15) is 0 Å². The number of benzene rings is 2. The third-order valence-electron chi connectivity index (χ3n) is 3.23. The molecule has 2 aromatic carbocycles. The summed E-state index contributed by atoms with van der Waals surface area (Å²) in [5.41, 5.74) is 1.15. The van der Waals surface area contributed by atoms with Gasteiger partial charge in [0, 0.05) is 12.6 Å². The second-order valence-electron chi connectivity index (χ2n) is 4.76. The highest BCUT2D eigenvalue weighted by atomic mass is 16.4. The van der Waals surface area contributed by atoms with Crippen LogP contribution in [0.4, 0.5) is 0 Å². The molecule has 4 nitrogen and oxygen atoms in total. The molecule has 0 aliphatic heterocycles. The molecule has 0 radical (unpaired) electrons. The monoisotopic (exact) mass is 283 g/mol. The fraction of sp³-hybridized carbons (Fsp3) is 0.176. The van der Waals surface area contributed by atoms with Crippen LogP contribution in [0, 0.1) is 0 Å². The molecule has 0 atom stereocenters. The highest BCUT2D eigenvalue weighted by Crippen LogP contribution is 2.24. The van der Waals surface area contributed by atoms with Crippen molar-refractivity contribution in [2.75, 3.05) is 0 Å². The Bertz CT molecular complexity index is 732. The first-order valence-electron chi connectivity index (χ1n) is 6.76. The van der Waals surface area contributed by atoms with Gasteiger partial charge in [-0.25, -0.2) is 4.79 Å². The van der Waals surface area contributed by atoms with E-state index in [1.54, 1.807) is 6.07 Å². The first kappa shape index (κ1) is 14.8. The van der Waals surface area contributed by atoms with Gasteiger partial charge in [0.05, 0.1) is 5.57 Å². The van der Waals surface area contributed by atoms with Crippen molar-refractivity contribution in [3.63, 3.8) is 0 Å². The number of nitrogens with one attached hydrogen (secondary N) is 1. The molecule has 2 N–H and O–H groups in total. The highest BCUT2D eigenvalue weighted by molar-refractivity contribution is 6.17. The Hall–Kier alpha value is -2.62. The van der Waals surface area contributed by atoms with Crippen LogP contribution < -0.4 is 5.32 Å². The number of hydrogen-bond acceptors (Lipinski definition) is 2. The van der Waals surface area contributed by atoms with Crippen molar-refractivity contribution in [1.82, 2.24) is 5.32 Å². The van der Waals surface area contributed by atoms with Crippen molar-refractivity contribution >= 4 is 28.2 Å². The van der Waals surface area contributed by atoms with Crippen LogP contribution in [0.2, 0.25) is 0 Å². The lowest BCUT2D eigenvalue weighted by molar-refractivity contribution is -0.130. The smallest absolute Gasteiger partial charge is 0.338 e. The summed E-state index contributed by atoms with van der Waals surface area (Å²) in [6.07, 6.45) is 0.439. The van der Waals surface area contributed by atoms with Crippen LogP contribution in [0.3, 0.4) is 0 Å². The Morgan fingerprint density at radius 2 is 1.76 bits per heavy atom. The Labute approximate surface area is 123 Å². The Balaban J connectivity index is 2.61. The number of carbonyl (C=O) groups is 2. The van der Waals surface area contributed by atoms with Crippen molar-refractivity contribution in [1.29, 1.82) is 0 Å². The predicted octanol–water partition coefficient (Wildman–Crippen LogP) is 3.18. The molecular formula is C17H17NO3. The van der Waals surface area contributed by atoms with E-state index in [4.69, 9.17) is 0 Å². The quantitative estimate of drug-likeness (QED) is 0.847. The average molecular weight is 283 g/mol. The van der Waals surface area contributed by atoms with E-state index in [-0.39, 0.29) is 11.5 Å². The molecule has 21 heavy (non-hydrogen) atoms. The zero-order valence-corrected chi connectivity index (χ0v) is 12.0. The minimum Gasteiger partial charge on any atom is -0.478 e. The number of carbonyl (C=O) groups excluding carboxylic acids is 1. The summed E-state index contributed by atoms with van der Waals surface area (Å²) in [5, 5.41) is 14.1. The van der Waals surface area contributed by atoms with E-state index >= 15 is 0 Å². The van der Waals surface area contributed by atoms with Crippen LogP contribution in [0.15, 0.2) is 48.2 Å². The number of carboxylic acids is 1. The van der Waals surface area contributed by atoms with Crippen LogP contribution >= 0.6 is 0 Å². The van der Waals surface area contributed by atoms with Gasteiger partial charge in [-0.1, -0.05) is 43.3 Å². The van der Waals surface area contributed by atoms with E-state index in [0.29, 0.717) is 17.7 Å². The topological polar surface area (TPSA) is 66.4 Å². The highest BCUT2D eigenvalue weighted by Gasteiger charge is 2.17. The van der Waals surface area contributed by atoms with Crippen molar-refractivity contribution in [3.05, 3.63) is 53.7 Å². The first-order valence-corrected chi connectivity index (χ1v) is 6.76. The minimum absolute atomic E-state index is 0.137. The van der Waals surface area contributed by atoms with E-state index in [1.807, 2.05) is 43.3 Å². The molecule has 0 aliphatic rings. The van der Waals surface area contributed by atoms with Gasteiger partial charge >= 0.3 is 5.97 Å². The van der Waals surface area contributed by atoms with E-state index in [1.165, 1.54) is 6.92 Å². The van der Waals surface area contributed by atoms with E-state index in [0.717, 1.165) is 10.8 Å². The second kappa shape index (κ2) is 6.22. The van der Waals surface area contributed by atoms with Gasteiger partial charge in [0.25, 0.3) is 0 Å². The fourth-order valence-corrected chi connectivity index (χ4v) is 2.31. The molecule has 108 valence electrons. The lowest BCUT2D eigenvalue weighted by Crippen LogP contribution is -2.22. The largest absolute Gasteiger partial charge is 0.478 e. The van der Waals surface area contributed by atoms with Crippen LogP contribution in [0.25, 0.3) is 16.3 Å². The van der Waals surface area contributed by atoms with Gasteiger partial charge < -0.3 is 10.4 Å². The molecule has 2 rings (SSSR count). The van der Waals surface area contributed by atoms with Crippen LogP contribution in [-0.2, 0) is 9.59 Å². The number of hydrogen-bond donors (Lipinski definition) is 2. The lowest BCUT2D eigenvalue weighted by Gasteiger charge is -2.12. The summed E-state index contributed by atoms with van der Waals surface area (Å²) < 4.78 is 0. The summed E-state index contributed by atoms with van der Waals surface area (Å²) in [5.74, 6) is -1.32. The van der Waals surface area contributed by atoms with Gasteiger partial charge in [0.2, 0.25) is 5.91 Å². The molecule has 0 fully saturated rings. The normalized spacial score (nSPS) is 11.9. The summed E-state index contributed by atoms with van der Waals surface area (Å²) in [7, 11) is 0. The molecule has 0 aliphatic carbocycles. The summed E-state index contributed by atoms with van der Waals surface area (Å²) in [6, 6.07) is 13.2. The van der Waals surface area contributed by atoms with Gasteiger partial charge in [-0.05, 0) is 28.8 Å². The second-order valence-corrected chi connectivity index (χ2v) is 4.76. The molecule has 0 aromatic heterocycles. The Morgan fingerprint density at radius 3 is 2.33 bits per heavy atom. The molecule has 0 saturated carbocycles. The Morgan fingerprint density at radius 1 is 1.10 bits per heavy atom. The van der Waals surface area contributed by atoms with E-state index in [2.05, 4.69) is 5.32 Å². The molecule has 1 amide bonds. The van der Waals surface area contributed by atoms with E-state index < -0.39 is 5.97 Å². The molecule has 4 heteroatoms. The average Bonchev–Trinajstić information content (AvgIpc) is 2.45. The van der Waals surface area contributed by atoms with Gasteiger partial charge in [-0.2, -0.15) is 0 Å². The zero-order valence-electron chi connectivity index (χ0n) is 12.0. The molecule has 0 bridgehead atoms. The van der Waals surface area contributed by atoms with Gasteiger partial charge in [-0.15, -0.1) is 0 Å². The maximum atomic E-state index is 11.6. The minimum atomic E-state index is -1.05. The first-order chi connectivity index (χ1) is 10.0. The maximum absolute atomic E-state index is 11.6. The van der Waals surface area contributed by atoms with Gasteiger partial charge in [-0.3, -0.25) is 4.79 Å². The van der Waals surface area contributed by atoms with Crippen LogP contribution in [-0.4, -0.2) is 17.0 Å². The number of rotatable bonds is 4. The molecule has 0 spiro atoms. The Kier molecular flexibility index (Phi) is 4.38. The summed E-state index contributed by atoms with van der Waals surface area (Å²) in [6.45, 7) is 3.19. The zero-order chi connectivity index (χ0) is 15.4. The molecule has 0 saturated heterocycles. The van der Waals surface area contributed by atoms with E-state index in [9.17, 15) is 14.7 Å². The predicted molar refractivity (Wildman–Crippen MR) is 82.6 cm³/mol. The third kappa shape index (κ3) is 3.28. The fourth-order valence-electron chi connectivity index (χ4n) is 2.31. The molecule has 0 unspecified atom stereocenters. The van der Waals surface area contributed by atoms with Crippen molar-refractivity contribution < 1.29 is 14.7 Å². The number of fused-ring (bicyclic) bond motifs is 1. The van der Waals surface area contributed by atoms with Crippen molar-refractivity contribution in [2.45, 2.75) is 20.3 Å². The maximum Gasteiger partial charge on any atom is 0.338 e. The van der Waals surface area contributed by atoms with Gasteiger partial charge in [0.15, 0.2) is 0 Å². The van der Waals surface area contributed by atoms with Crippen molar-refractivity contribution in [2.24, 2.45) is 0 Å². The standard InChI is InChI=1S/C17H17NO3/c1-3-15(18-11(2)19)16(17(20)21)14-9-8-12-6-4-5-7-13(12)10-14/h4-10H,3H2,1-2H3,(H,18,19)(H,20,21). The molecular weight excluding hydrogens is 266 g/mol. The third-order valence-corrected chi connectivity index (χ3v) is 3.23. The number of carboxylic acid groups (broad SMARTS) is 1. The summed E-state index contributed by atoms with van der Waals surface area (Å²) >= 11 is 0. The molecule has 2 aromatic rings. The number of amides is 1. The SMILES string of the molecule is CCC(NC(C)=O)=C(C(=O)O)c1ccc2ccccc2c1. The van der Waals surface area contributed by atoms with Crippen LogP contribution in [0.1, 0.15) is 25.8 Å².